The summed E-state index contributed by atoms with van der Waals surface area (Å²) in [6.45, 7) is 3.09. The molecule has 1 amide bonds. The number of anilines is 1. The average molecular weight is 388 g/mol. The molecule has 0 saturated heterocycles. The number of hydrogen-bond donors (Lipinski definition) is 1. The Balaban J connectivity index is 1.91. The van der Waals surface area contributed by atoms with Crippen molar-refractivity contribution in [2.75, 3.05) is 18.5 Å². The minimum absolute atomic E-state index is 0.121. The third-order valence-corrected chi connectivity index (χ3v) is 4.11. The third kappa shape index (κ3) is 5.19. The molecule has 2 aromatic rings. The van der Waals surface area contributed by atoms with Crippen LogP contribution in [-0.4, -0.2) is 30.1 Å². The van der Waals surface area contributed by atoms with Crippen molar-refractivity contribution in [1.29, 1.82) is 0 Å². The molecule has 0 aliphatic rings. The van der Waals surface area contributed by atoms with Crippen molar-refractivity contribution < 1.29 is 32.2 Å². The fourth-order valence-electron chi connectivity index (χ4n) is 1.88. The molecule has 10 heteroatoms. The first kappa shape index (κ1) is 19.7. The number of aromatic nitrogens is 1. The van der Waals surface area contributed by atoms with Gasteiger partial charge in [-0.2, -0.15) is 13.2 Å². The minimum Gasteiger partial charge on any atom is -0.484 e. The number of halogens is 3. The Morgan fingerprint density at radius 2 is 1.88 bits per heavy atom. The lowest BCUT2D eigenvalue weighted by atomic mass is 10.2. The summed E-state index contributed by atoms with van der Waals surface area (Å²) in [5.74, 6) is -0.964. The fourth-order valence-corrected chi connectivity index (χ4v) is 2.76. The summed E-state index contributed by atoms with van der Waals surface area (Å²) >= 11 is 0.964. The second kappa shape index (κ2) is 8.17. The van der Waals surface area contributed by atoms with Crippen LogP contribution < -0.4 is 10.1 Å². The lowest BCUT2D eigenvalue weighted by Gasteiger charge is -2.08. The number of amides is 1. The van der Waals surface area contributed by atoms with Crippen molar-refractivity contribution in [3.63, 3.8) is 0 Å². The number of nitrogens with zero attached hydrogens (tertiary/aromatic N) is 1. The number of ether oxygens (including phenoxy) is 2. The van der Waals surface area contributed by atoms with E-state index in [0.29, 0.717) is 5.69 Å². The molecule has 0 unspecified atom stereocenters. The summed E-state index contributed by atoms with van der Waals surface area (Å²) in [5, 5.41) is 2.66. The Morgan fingerprint density at radius 3 is 2.46 bits per heavy atom. The molecule has 1 heterocycles. The number of benzene rings is 1. The van der Waals surface area contributed by atoms with Crippen molar-refractivity contribution >= 4 is 28.3 Å². The van der Waals surface area contributed by atoms with Crippen LogP contribution in [0.5, 0.6) is 5.75 Å². The van der Waals surface area contributed by atoms with Crippen LogP contribution in [0.15, 0.2) is 24.3 Å². The van der Waals surface area contributed by atoms with Gasteiger partial charge in [0.1, 0.15) is 10.6 Å². The van der Waals surface area contributed by atoms with Crippen molar-refractivity contribution in [2.45, 2.75) is 20.0 Å². The molecule has 0 fully saturated rings. The summed E-state index contributed by atoms with van der Waals surface area (Å²) in [4.78, 5) is 27.9. The largest absolute Gasteiger partial charge is 0.484 e. The molecule has 26 heavy (non-hydrogen) atoms. The highest BCUT2D eigenvalue weighted by molar-refractivity contribution is 7.17. The highest BCUT2D eigenvalue weighted by atomic mass is 32.1. The Labute approximate surface area is 150 Å². The van der Waals surface area contributed by atoms with E-state index in [0.717, 1.165) is 35.6 Å². The molecule has 0 aliphatic heterocycles. The maximum atomic E-state index is 12.5. The van der Waals surface area contributed by atoms with Crippen molar-refractivity contribution in [1.82, 2.24) is 4.98 Å². The van der Waals surface area contributed by atoms with Crippen LogP contribution in [0, 0.1) is 6.92 Å². The Morgan fingerprint density at radius 1 is 1.23 bits per heavy atom. The van der Waals surface area contributed by atoms with Crippen LogP contribution in [0.1, 0.15) is 27.9 Å². The number of aryl methyl sites for hydroxylation is 1. The number of nitrogens with one attached hydrogen (secondary N) is 1. The van der Waals surface area contributed by atoms with Gasteiger partial charge in [-0.05, 0) is 38.1 Å². The molecule has 1 aromatic heterocycles. The maximum absolute atomic E-state index is 12.5. The highest BCUT2D eigenvalue weighted by Crippen LogP contribution is 2.30. The summed E-state index contributed by atoms with van der Waals surface area (Å²) < 4.78 is 47.4. The zero-order valence-electron chi connectivity index (χ0n) is 13.8. The predicted octanol–water partition coefficient (Wildman–Crippen LogP) is 3.66. The van der Waals surface area contributed by atoms with Gasteiger partial charge in [0, 0.05) is 0 Å². The average Bonchev–Trinajstić information content (AvgIpc) is 2.93. The first-order valence-corrected chi connectivity index (χ1v) is 8.26. The number of alkyl halides is 3. The van der Waals surface area contributed by atoms with Gasteiger partial charge in [-0.1, -0.05) is 11.3 Å². The van der Waals surface area contributed by atoms with Crippen molar-refractivity contribution in [3.05, 3.63) is 40.4 Å². The van der Waals surface area contributed by atoms with E-state index < -0.39 is 30.2 Å². The van der Waals surface area contributed by atoms with E-state index in [2.05, 4.69) is 10.3 Å². The second-order valence-corrected chi connectivity index (χ2v) is 6.01. The molecule has 0 saturated carbocycles. The molecule has 6 nitrogen and oxygen atoms in total. The lowest BCUT2D eigenvalue weighted by Crippen LogP contribution is -2.20. The zero-order chi connectivity index (χ0) is 19.3. The predicted molar refractivity (Wildman–Crippen MR) is 88.4 cm³/mol. The number of thiazole rings is 1. The number of esters is 1. The van der Waals surface area contributed by atoms with Gasteiger partial charge in [0.2, 0.25) is 0 Å². The molecule has 0 aliphatic carbocycles. The van der Waals surface area contributed by atoms with Crippen LogP contribution in [0.3, 0.4) is 0 Å². The SMILES string of the molecule is CCOC(=O)c1sc(NC(=O)COc2ccc(C(F)(F)F)cc2)nc1C. The first-order valence-electron chi connectivity index (χ1n) is 7.45. The minimum atomic E-state index is -4.44. The molecule has 1 aromatic carbocycles. The highest BCUT2D eigenvalue weighted by Gasteiger charge is 2.30. The van der Waals surface area contributed by atoms with E-state index in [1.54, 1.807) is 13.8 Å². The van der Waals surface area contributed by atoms with E-state index in [4.69, 9.17) is 9.47 Å². The number of hydrogen-bond acceptors (Lipinski definition) is 6. The molecule has 0 atom stereocenters. The summed E-state index contributed by atoms with van der Waals surface area (Å²) in [7, 11) is 0. The van der Waals surface area contributed by atoms with E-state index >= 15 is 0 Å². The van der Waals surface area contributed by atoms with Gasteiger partial charge in [0.15, 0.2) is 11.7 Å². The quantitative estimate of drug-likeness (QED) is 0.764. The maximum Gasteiger partial charge on any atom is 0.416 e. The molecular weight excluding hydrogens is 373 g/mol. The normalized spacial score (nSPS) is 11.1. The molecule has 2 rings (SSSR count). The van der Waals surface area contributed by atoms with Gasteiger partial charge >= 0.3 is 12.1 Å². The van der Waals surface area contributed by atoms with Crippen LogP contribution in [0.4, 0.5) is 18.3 Å². The zero-order valence-corrected chi connectivity index (χ0v) is 14.7. The van der Waals surface area contributed by atoms with E-state index in [9.17, 15) is 22.8 Å². The fraction of sp³-hybridized carbons (Fsp3) is 0.312. The van der Waals surface area contributed by atoms with Crippen molar-refractivity contribution in [3.8, 4) is 5.75 Å². The van der Waals surface area contributed by atoms with E-state index in [1.165, 1.54) is 0 Å². The van der Waals surface area contributed by atoms with Crippen LogP contribution in [0.2, 0.25) is 0 Å². The van der Waals surface area contributed by atoms with Gasteiger partial charge in [-0.3, -0.25) is 10.1 Å². The second-order valence-electron chi connectivity index (χ2n) is 5.01. The van der Waals surface area contributed by atoms with Gasteiger partial charge in [-0.25, -0.2) is 9.78 Å². The van der Waals surface area contributed by atoms with Crippen LogP contribution in [0.25, 0.3) is 0 Å². The number of carbonyl (C=O) groups excluding carboxylic acids is 2. The summed E-state index contributed by atoms with van der Waals surface area (Å²) in [6, 6.07) is 3.98. The van der Waals surface area contributed by atoms with Gasteiger partial charge < -0.3 is 9.47 Å². The summed E-state index contributed by atoms with van der Waals surface area (Å²) in [5.41, 5.74) is -0.383. The van der Waals surface area contributed by atoms with Gasteiger partial charge in [0.05, 0.1) is 17.9 Å². The molecule has 0 radical (unpaired) electrons. The standard InChI is InChI=1S/C16H15F3N2O4S/c1-3-24-14(23)13-9(2)20-15(26-13)21-12(22)8-25-11-6-4-10(5-7-11)16(17,18)19/h4-7H,3,8H2,1-2H3,(H,20,21,22). The monoisotopic (exact) mass is 388 g/mol. The Hall–Kier alpha value is -2.62. The molecule has 140 valence electrons. The van der Waals surface area contributed by atoms with E-state index in [-0.39, 0.29) is 22.4 Å². The Bertz CT molecular complexity index is 788. The number of rotatable bonds is 6. The lowest BCUT2D eigenvalue weighted by molar-refractivity contribution is -0.137. The third-order valence-electron chi connectivity index (χ3n) is 3.06. The van der Waals surface area contributed by atoms with Crippen LogP contribution in [-0.2, 0) is 15.7 Å². The Kier molecular flexibility index (Phi) is 6.19. The summed E-state index contributed by atoms with van der Waals surface area (Å²) in [6.07, 6.45) is -4.44. The molecule has 0 bridgehead atoms. The van der Waals surface area contributed by atoms with Crippen molar-refractivity contribution in [2.24, 2.45) is 0 Å². The first-order chi connectivity index (χ1) is 12.2. The smallest absolute Gasteiger partial charge is 0.416 e. The number of carbonyl (C=O) groups is 2. The van der Waals surface area contributed by atoms with E-state index in [1.807, 2.05) is 0 Å². The molecule has 1 N–H and O–H groups in total. The van der Waals surface area contributed by atoms with Gasteiger partial charge in [-0.15, -0.1) is 0 Å². The molecular formula is C16H15F3N2O4S. The topological polar surface area (TPSA) is 77.5 Å². The molecule has 0 spiro atoms. The van der Waals surface area contributed by atoms with Crippen LogP contribution >= 0.6 is 11.3 Å². The van der Waals surface area contributed by atoms with Gasteiger partial charge in [0.25, 0.3) is 5.91 Å².